The molecular formula is C22H21ClF2N6O3. The predicted octanol–water partition coefficient (Wildman–Crippen LogP) is 2.72. The maximum Gasteiger partial charge on any atom is 0.293 e. The van der Waals surface area contributed by atoms with Gasteiger partial charge in [-0.1, -0.05) is 11.6 Å². The molecule has 1 aromatic carbocycles. The molecule has 0 bridgehead atoms. The highest BCUT2D eigenvalue weighted by atomic mass is 35.5. The van der Waals surface area contributed by atoms with E-state index in [0.29, 0.717) is 44.0 Å². The van der Waals surface area contributed by atoms with Crippen LogP contribution in [0.1, 0.15) is 51.4 Å². The Balaban J connectivity index is 1.64. The summed E-state index contributed by atoms with van der Waals surface area (Å²) in [4.78, 5) is 39.0. The van der Waals surface area contributed by atoms with E-state index in [0.717, 1.165) is 12.3 Å². The number of rotatable bonds is 7. The SMILES string of the molecule is Cc1c(C(=O)C(=O)NC2(C(C=N)=NN)CC2)c2n(c1C(=O)Nc1cc(Cl)c(F)cc1F)CCC2. The van der Waals surface area contributed by atoms with Gasteiger partial charge in [-0.25, -0.2) is 8.78 Å². The number of Topliss-reactive ketones (excluding diaryl/α,β-unsaturated/α-hetero) is 1. The first-order valence-corrected chi connectivity index (χ1v) is 10.8. The lowest BCUT2D eigenvalue weighted by Crippen LogP contribution is -2.47. The number of amides is 2. The Hall–Kier alpha value is -3.60. The molecule has 1 aliphatic carbocycles. The van der Waals surface area contributed by atoms with Gasteiger partial charge in [0.05, 0.1) is 21.8 Å². The Labute approximate surface area is 197 Å². The fraction of sp³-hybridized carbons (Fsp3) is 0.318. The zero-order valence-corrected chi connectivity index (χ0v) is 18.9. The minimum atomic E-state index is -1.00. The van der Waals surface area contributed by atoms with Crippen molar-refractivity contribution in [3.05, 3.63) is 51.3 Å². The monoisotopic (exact) mass is 490 g/mol. The van der Waals surface area contributed by atoms with Gasteiger partial charge in [-0.2, -0.15) is 5.10 Å². The molecule has 1 aromatic heterocycles. The second-order valence-corrected chi connectivity index (χ2v) is 8.68. The van der Waals surface area contributed by atoms with E-state index in [-0.39, 0.29) is 33.2 Å². The molecule has 4 rings (SSSR count). The van der Waals surface area contributed by atoms with Crippen LogP contribution >= 0.6 is 11.6 Å². The number of halogens is 3. The summed E-state index contributed by atoms with van der Waals surface area (Å²) in [5, 5.41) is 15.6. The summed E-state index contributed by atoms with van der Waals surface area (Å²) < 4.78 is 29.2. The van der Waals surface area contributed by atoms with Crippen LogP contribution in [0.2, 0.25) is 5.02 Å². The molecule has 12 heteroatoms. The number of nitrogens with two attached hydrogens (primary N) is 1. The molecule has 0 unspecified atom stereocenters. The fourth-order valence-corrected chi connectivity index (χ4v) is 4.53. The molecule has 1 fully saturated rings. The molecule has 1 aliphatic heterocycles. The molecule has 0 radical (unpaired) electrons. The van der Waals surface area contributed by atoms with E-state index in [9.17, 15) is 23.2 Å². The molecule has 1 saturated carbocycles. The number of nitrogens with zero attached hydrogens (tertiary/aromatic N) is 2. The molecule has 2 amide bonds. The highest BCUT2D eigenvalue weighted by Gasteiger charge is 2.49. The van der Waals surface area contributed by atoms with Crippen LogP contribution in [0.25, 0.3) is 0 Å². The third-order valence-electron chi connectivity index (χ3n) is 6.19. The molecule has 0 spiro atoms. The van der Waals surface area contributed by atoms with Crippen LogP contribution < -0.4 is 16.5 Å². The normalized spacial score (nSPS) is 16.1. The van der Waals surface area contributed by atoms with Crippen LogP contribution in [-0.2, 0) is 17.8 Å². The van der Waals surface area contributed by atoms with Crippen molar-refractivity contribution in [3.63, 3.8) is 0 Å². The molecule has 178 valence electrons. The lowest BCUT2D eigenvalue weighted by Gasteiger charge is -2.16. The van der Waals surface area contributed by atoms with Gasteiger partial charge >= 0.3 is 0 Å². The van der Waals surface area contributed by atoms with Crippen molar-refractivity contribution in [2.45, 2.75) is 44.7 Å². The van der Waals surface area contributed by atoms with E-state index < -0.39 is 34.8 Å². The number of carbonyl (C=O) groups is 3. The molecule has 2 aliphatic rings. The van der Waals surface area contributed by atoms with Crippen LogP contribution in [0.15, 0.2) is 17.2 Å². The summed E-state index contributed by atoms with van der Waals surface area (Å²) in [5.74, 6) is 0.883. The van der Waals surface area contributed by atoms with E-state index in [1.54, 1.807) is 4.57 Å². The number of anilines is 1. The summed E-state index contributed by atoms with van der Waals surface area (Å²) in [5.41, 5.74) is -0.0865. The number of benzene rings is 1. The number of ketones is 1. The molecule has 2 aromatic rings. The first-order valence-electron chi connectivity index (χ1n) is 10.5. The van der Waals surface area contributed by atoms with E-state index in [1.807, 2.05) is 0 Å². The number of fused-ring (bicyclic) bond motifs is 1. The number of hydrogen-bond acceptors (Lipinski definition) is 6. The van der Waals surface area contributed by atoms with Crippen molar-refractivity contribution >= 4 is 46.8 Å². The van der Waals surface area contributed by atoms with Crippen LogP contribution in [-0.4, -0.2) is 39.6 Å². The number of carbonyl (C=O) groups excluding carboxylic acids is 3. The maximum absolute atomic E-state index is 14.1. The predicted molar refractivity (Wildman–Crippen MR) is 122 cm³/mol. The molecular weight excluding hydrogens is 470 g/mol. The lowest BCUT2D eigenvalue weighted by molar-refractivity contribution is -0.117. The summed E-state index contributed by atoms with van der Waals surface area (Å²) >= 11 is 5.70. The highest BCUT2D eigenvalue weighted by molar-refractivity contribution is 6.45. The number of hydrogen-bond donors (Lipinski definition) is 4. The highest BCUT2D eigenvalue weighted by Crippen LogP contribution is 2.37. The summed E-state index contributed by atoms with van der Waals surface area (Å²) in [6.07, 6.45) is 3.03. The van der Waals surface area contributed by atoms with Crippen LogP contribution in [0.3, 0.4) is 0 Å². The Morgan fingerprint density at radius 3 is 2.59 bits per heavy atom. The zero-order chi connectivity index (χ0) is 24.8. The largest absolute Gasteiger partial charge is 0.340 e. The fourth-order valence-electron chi connectivity index (χ4n) is 4.37. The Kier molecular flexibility index (Phi) is 5.98. The molecule has 34 heavy (non-hydrogen) atoms. The standard InChI is InChI=1S/C22H21ClF2N6O3/c1-10-17(19(32)21(34)29-22(4-5-22)16(9-26)30-27)15-3-2-6-31(15)18(10)20(33)28-14-7-11(23)12(24)8-13(14)25/h7-9,26H,2-6,27H2,1H3,(H,28,33)(H,29,34). The molecule has 9 nitrogen and oxygen atoms in total. The van der Waals surface area contributed by atoms with E-state index in [2.05, 4.69) is 15.7 Å². The first kappa shape index (κ1) is 23.6. The minimum absolute atomic E-state index is 0.105. The van der Waals surface area contributed by atoms with Crippen LogP contribution in [0, 0.1) is 24.0 Å². The van der Waals surface area contributed by atoms with Gasteiger partial charge in [0.1, 0.15) is 23.0 Å². The van der Waals surface area contributed by atoms with Gasteiger partial charge in [0.15, 0.2) is 0 Å². The van der Waals surface area contributed by atoms with E-state index >= 15 is 0 Å². The molecule has 5 N–H and O–H groups in total. The Morgan fingerprint density at radius 2 is 1.97 bits per heavy atom. The maximum atomic E-state index is 14.1. The van der Waals surface area contributed by atoms with Crippen molar-refractivity contribution in [2.75, 3.05) is 5.32 Å². The summed E-state index contributed by atoms with van der Waals surface area (Å²) in [6, 6.07) is 1.52. The topological polar surface area (TPSA) is 142 Å². The van der Waals surface area contributed by atoms with E-state index in [4.69, 9.17) is 22.9 Å². The van der Waals surface area contributed by atoms with E-state index in [1.165, 1.54) is 6.92 Å². The summed E-state index contributed by atoms with van der Waals surface area (Å²) in [6.45, 7) is 1.97. The quantitative estimate of drug-likeness (QED) is 0.118. The third kappa shape index (κ3) is 3.85. The van der Waals surface area contributed by atoms with Gasteiger partial charge in [0.2, 0.25) is 0 Å². The van der Waals surface area contributed by atoms with Gasteiger partial charge in [-0.05, 0) is 44.2 Å². The average molecular weight is 491 g/mol. The second-order valence-electron chi connectivity index (χ2n) is 8.27. The number of aromatic nitrogens is 1. The molecule has 0 atom stereocenters. The van der Waals surface area contributed by atoms with Crippen molar-refractivity contribution in [1.29, 1.82) is 5.41 Å². The van der Waals surface area contributed by atoms with Crippen LogP contribution in [0.5, 0.6) is 0 Å². The van der Waals surface area contributed by atoms with Gasteiger partial charge in [0, 0.05) is 24.5 Å². The zero-order valence-electron chi connectivity index (χ0n) is 18.1. The Morgan fingerprint density at radius 1 is 1.26 bits per heavy atom. The smallest absolute Gasteiger partial charge is 0.293 e. The molecule has 2 heterocycles. The van der Waals surface area contributed by atoms with Gasteiger partial charge in [-0.3, -0.25) is 14.4 Å². The second kappa shape index (κ2) is 8.64. The minimum Gasteiger partial charge on any atom is -0.340 e. The van der Waals surface area contributed by atoms with Crippen LogP contribution in [0.4, 0.5) is 14.5 Å². The number of hydrazone groups is 1. The van der Waals surface area contributed by atoms with Crippen molar-refractivity contribution in [2.24, 2.45) is 10.9 Å². The van der Waals surface area contributed by atoms with Gasteiger partial charge in [-0.15, -0.1) is 0 Å². The Bertz CT molecular complexity index is 1280. The van der Waals surface area contributed by atoms with Gasteiger partial charge < -0.3 is 26.5 Å². The summed E-state index contributed by atoms with van der Waals surface area (Å²) in [7, 11) is 0. The van der Waals surface area contributed by atoms with Gasteiger partial charge in [0.25, 0.3) is 17.6 Å². The lowest BCUT2D eigenvalue weighted by atomic mass is 10.0. The third-order valence-corrected chi connectivity index (χ3v) is 6.47. The average Bonchev–Trinajstić information content (AvgIpc) is 3.30. The molecule has 0 saturated heterocycles. The van der Waals surface area contributed by atoms with Crippen molar-refractivity contribution in [3.8, 4) is 0 Å². The van der Waals surface area contributed by atoms with Crippen molar-refractivity contribution in [1.82, 2.24) is 9.88 Å². The first-order chi connectivity index (χ1) is 16.1. The van der Waals surface area contributed by atoms with Crippen molar-refractivity contribution < 1.29 is 23.2 Å². The number of nitrogens with one attached hydrogen (secondary N) is 3.